The molecule has 2 aromatic heterocycles. The fraction of sp³-hybridized carbons (Fsp3) is 0.429. The molecule has 8 nitrogen and oxygen atoms in total. The van der Waals surface area contributed by atoms with E-state index in [2.05, 4.69) is 20.6 Å². The van der Waals surface area contributed by atoms with Crippen LogP contribution < -0.4 is 10.6 Å². The van der Waals surface area contributed by atoms with Crippen LogP contribution in [0.4, 0.5) is 10.3 Å². The van der Waals surface area contributed by atoms with Gasteiger partial charge in [0.1, 0.15) is 0 Å². The smallest absolute Gasteiger partial charge is 0.236 e. The second kappa shape index (κ2) is 11.5. The van der Waals surface area contributed by atoms with E-state index in [0.717, 1.165) is 0 Å². The van der Waals surface area contributed by atoms with Gasteiger partial charge in [0.2, 0.25) is 11.8 Å². The maximum absolute atomic E-state index is 11.7. The van der Waals surface area contributed by atoms with Crippen LogP contribution in [0.1, 0.15) is 0 Å². The lowest BCUT2D eigenvalue weighted by atomic mass is 10.3. The number of rotatable bonds is 11. The molecule has 12 heteroatoms. The summed E-state index contributed by atoms with van der Waals surface area (Å²) in [5, 5.41) is 29.7. The first-order valence-electron chi connectivity index (χ1n) is 7.45. The van der Waals surface area contributed by atoms with Crippen molar-refractivity contribution in [1.82, 2.24) is 9.97 Å². The Morgan fingerprint density at radius 2 is 1.35 bits per heavy atom. The Morgan fingerprint density at radius 1 is 0.923 bits per heavy atom. The van der Waals surface area contributed by atoms with E-state index in [0.29, 0.717) is 10.3 Å². The summed E-state index contributed by atoms with van der Waals surface area (Å²) in [7, 11) is 0. The molecule has 2 heterocycles. The number of aromatic nitrogens is 2. The lowest BCUT2D eigenvalue weighted by Crippen LogP contribution is -2.31. The largest absolute Gasteiger partial charge is 0.390 e. The van der Waals surface area contributed by atoms with Gasteiger partial charge in [-0.1, -0.05) is 0 Å². The van der Waals surface area contributed by atoms with Crippen LogP contribution in [0, 0.1) is 0 Å². The van der Waals surface area contributed by atoms with Crippen molar-refractivity contribution >= 4 is 68.3 Å². The normalized spacial score (nSPS) is 13.2. The molecule has 2 rings (SSSR count). The lowest BCUT2D eigenvalue weighted by Gasteiger charge is -2.16. The number of thioether (sulfide) groups is 2. The van der Waals surface area contributed by atoms with E-state index >= 15 is 0 Å². The first-order chi connectivity index (χ1) is 12.5. The quantitative estimate of drug-likeness (QED) is 0.418. The first-order valence-corrected chi connectivity index (χ1v) is 11.5. The molecule has 2 atom stereocenters. The van der Waals surface area contributed by atoms with E-state index in [9.17, 15) is 19.8 Å². The SMILES string of the molecule is O=C(CSC[C@H](O)[C@@H](O)CSCC(=O)Nc1nccs1)Nc1nccs1. The highest BCUT2D eigenvalue weighted by molar-refractivity contribution is 8.00. The molecule has 0 unspecified atom stereocenters. The maximum atomic E-state index is 11.7. The molecule has 0 aliphatic heterocycles. The second-order valence-corrected chi connectivity index (χ2v) is 8.79. The van der Waals surface area contributed by atoms with E-state index in [1.54, 1.807) is 23.2 Å². The molecule has 0 aromatic carbocycles. The number of aliphatic hydroxyl groups excluding tert-OH is 2. The molecule has 0 bridgehead atoms. The standard InChI is InChI=1S/C14H18N4O4S4/c19-9(5-23-7-11(21)17-13-15-1-3-25-13)10(20)6-24-8-12(22)18-14-16-2-4-26-14/h1-4,9-10,19-20H,5-8H2,(H,15,17,21)(H,16,18,22)/t9-,10-/m0/s1. The van der Waals surface area contributed by atoms with Gasteiger partial charge < -0.3 is 20.8 Å². The number of amides is 2. The predicted molar refractivity (Wildman–Crippen MR) is 108 cm³/mol. The molecule has 0 aliphatic rings. The number of anilines is 2. The van der Waals surface area contributed by atoms with E-state index < -0.39 is 12.2 Å². The third-order valence-corrected chi connectivity index (χ3v) is 6.31. The van der Waals surface area contributed by atoms with Gasteiger partial charge in [-0.05, 0) is 0 Å². The molecule has 26 heavy (non-hydrogen) atoms. The van der Waals surface area contributed by atoms with Gasteiger partial charge in [0.25, 0.3) is 0 Å². The number of hydrogen-bond donors (Lipinski definition) is 4. The van der Waals surface area contributed by atoms with Gasteiger partial charge in [0.05, 0.1) is 23.7 Å². The van der Waals surface area contributed by atoms with E-state index in [-0.39, 0.29) is 34.8 Å². The summed E-state index contributed by atoms with van der Waals surface area (Å²) in [5.41, 5.74) is 0. The van der Waals surface area contributed by atoms with Crippen LogP contribution in [0.25, 0.3) is 0 Å². The number of thiazole rings is 2. The van der Waals surface area contributed by atoms with Gasteiger partial charge in [0.15, 0.2) is 10.3 Å². The summed E-state index contributed by atoms with van der Waals surface area (Å²) in [6.45, 7) is 0. The summed E-state index contributed by atoms with van der Waals surface area (Å²) >= 11 is 5.10. The van der Waals surface area contributed by atoms with Crippen LogP contribution in [-0.4, -0.2) is 67.2 Å². The van der Waals surface area contributed by atoms with Crippen molar-refractivity contribution in [2.24, 2.45) is 0 Å². The minimum atomic E-state index is -0.970. The fourth-order valence-electron chi connectivity index (χ4n) is 1.65. The Bertz CT molecular complexity index is 610. The highest BCUT2D eigenvalue weighted by atomic mass is 32.2. The molecule has 142 valence electrons. The Balaban J connectivity index is 1.54. The summed E-state index contributed by atoms with van der Waals surface area (Å²) < 4.78 is 0. The zero-order valence-corrected chi connectivity index (χ0v) is 16.8. The second-order valence-electron chi connectivity index (χ2n) is 4.94. The van der Waals surface area contributed by atoms with Crippen LogP contribution in [0.15, 0.2) is 23.2 Å². The minimum absolute atomic E-state index is 0.159. The summed E-state index contributed by atoms with van der Waals surface area (Å²) in [6.07, 6.45) is 1.26. The van der Waals surface area contributed by atoms with Crippen molar-refractivity contribution in [2.75, 3.05) is 33.6 Å². The lowest BCUT2D eigenvalue weighted by molar-refractivity contribution is -0.114. The van der Waals surface area contributed by atoms with Crippen molar-refractivity contribution in [1.29, 1.82) is 0 Å². The Kier molecular flexibility index (Phi) is 9.36. The van der Waals surface area contributed by atoms with E-state index in [4.69, 9.17) is 0 Å². The Labute approximate surface area is 166 Å². The molecule has 0 saturated heterocycles. The van der Waals surface area contributed by atoms with Gasteiger partial charge in [0, 0.05) is 34.7 Å². The van der Waals surface area contributed by atoms with Crippen molar-refractivity contribution in [3.05, 3.63) is 23.2 Å². The maximum Gasteiger partial charge on any atom is 0.236 e. The zero-order chi connectivity index (χ0) is 18.8. The minimum Gasteiger partial charge on any atom is -0.390 e. The molecule has 0 aliphatic carbocycles. The summed E-state index contributed by atoms with van der Waals surface area (Å²) in [6, 6.07) is 0. The fourth-order valence-corrected chi connectivity index (χ4v) is 4.42. The number of hydrogen-bond acceptors (Lipinski definition) is 10. The van der Waals surface area contributed by atoms with Crippen molar-refractivity contribution in [3.63, 3.8) is 0 Å². The highest BCUT2D eigenvalue weighted by Crippen LogP contribution is 2.15. The topological polar surface area (TPSA) is 124 Å². The number of nitrogens with one attached hydrogen (secondary N) is 2. The molecule has 2 aromatic rings. The molecule has 0 radical (unpaired) electrons. The van der Waals surface area contributed by atoms with Gasteiger partial charge in [-0.3, -0.25) is 9.59 Å². The molecular formula is C14H18N4O4S4. The van der Waals surface area contributed by atoms with Crippen LogP contribution in [0.3, 0.4) is 0 Å². The average Bonchev–Trinajstić information content (AvgIpc) is 3.28. The summed E-state index contributed by atoms with van der Waals surface area (Å²) in [5.74, 6) is 0.343. The molecule has 2 amide bonds. The molecule has 4 N–H and O–H groups in total. The Morgan fingerprint density at radius 3 is 1.69 bits per heavy atom. The number of nitrogens with zero attached hydrogens (tertiary/aromatic N) is 2. The van der Waals surface area contributed by atoms with Gasteiger partial charge >= 0.3 is 0 Å². The van der Waals surface area contributed by atoms with Gasteiger partial charge in [-0.15, -0.1) is 46.2 Å². The predicted octanol–water partition coefficient (Wildman–Crippen LogP) is 1.36. The van der Waals surface area contributed by atoms with Crippen molar-refractivity contribution in [3.8, 4) is 0 Å². The number of carbonyl (C=O) groups is 2. The molecule has 0 fully saturated rings. The third-order valence-electron chi connectivity index (χ3n) is 2.85. The zero-order valence-electron chi connectivity index (χ0n) is 13.5. The van der Waals surface area contributed by atoms with Gasteiger partial charge in [-0.25, -0.2) is 9.97 Å². The van der Waals surface area contributed by atoms with E-state index in [1.807, 2.05) is 0 Å². The number of aliphatic hydroxyl groups is 2. The van der Waals surface area contributed by atoms with Crippen LogP contribution in [0.2, 0.25) is 0 Å². The van der Waals surface area contributed by atoms with E-state index in [1.165, 1.54) is 46.2 Å². The average molecular weight is 435 g/mol. The number of carbonyl (C=O) groups excluding carboxylic acids is 2. The first kappa shape index (κ1) is 21.1. The molecule has 0 spiro atoms. The summed E-state index contributed by atoms with van der Waals surface area (Å²) in [4.78, 5) is 31.3. The Hall–Kier alpha value is -1.18. The van der Waals surface area contributed by atoms with Gasteiger partial charge in [-0.2, -0.15) is 0 Å². The van der Waals surface area contributed by atoms with Crippen molar-refractivity contribution < 1.29 is 19.8 Å². The monoisotopic (exact) mass is 434 g/mol. The highest BCUT2D eigenvalue weighted by Gasteiger charge is 2.18. The van der Waals surface area contributed by atoms with Crippen LogP contribution in [-0.2, 0) is 9.59 Å². The molecule has 0 saturated carbocycles. The van der Waals surface area contributed by atoms with Crippen LogP contribution in [0.5, 0.6) is 0 Å². The van der Waals surface area contributed by atoms with Crippen molar-refractivity contribution in [2.45, 2.75) is 12.2 Å². The molecular weight excluding hydrogens is 416 g/mol. The van der Waals surface area contributed by atoms with Crippen LogP contribution >= 0.6 is 46.2 Å². The third kappa shape index (κ3) is 8.01.